The van der Waals surface area contributed by atoms with E-state index in [1.165, 1.54) is 22.6 Å². The van der Waals surface area contributed by atoms with Gasteiger partial charge in [0.25, 0.3) is 0 Å². The third-order valence-electron chi connectivity index (χ3n) is 5.21. The van der Waals surface area contributed by atoms with Gasteiger partial charge in [-0.1, -0.05) is 57.2 Å². The molecule has 1 N–H and O–H groups in total. The summed E-state index contributed by atoms with van der Waals surface area (Å²) in [6, 6.07) is 17.1. The van der Waals surface area contributed by atoms with E-state index in [-0.39, 0.29) is 23.4 Å². The van der Waals surface area contributed by atoms with Crippen LogP contribution in [0.4, 0.5) is 0 Å². The Morgan fingerprint density at radius 2 is 1.56 bits per heavy atom. The van der Waals surface area contributed by atoms with Crippen LogP contribution in [0.3, 0.4) is 0 Å². The highest BCUT2D eigenvalue weighted by Crippen LogP contribution is 2.25. The van der Waals surface area contributed by atoms with E-state index in [2.05, 4.69) is 20.8 Å². The Bertz CT molecular complexity index is 1230. The van der Waals surface area contributed by atoms with Gasteiger partial charge >= 0.3 is 5.97 Å². The lowest BCUT2D eigenvalue weighted by Gasteiger charge is -2.23. The predicted molar refractivity (Wildman–Crippen MR) is 127 cm³/mol. The molecule has 8 nitrogen and oxygen atoms in total. The average Bonchev–Trinajstić information content (AvgIpc) is 2.78. The van der Waals surface area contributed by atoms with Crippen LogP contribution in [-0.4, -0.2) is 30.4 Å². The number of carbonyl (C=O) groups is 1. The smallest absolute Gasteiger partial charge is 0.341 e. The molecule has 0 aliphatic heterocycles. The van der Waals surface area contributed by atoms with Gasteiger partial charge in [0, 0.05) is 19.2 Å². The van der Waals surface area contributed by atoms with Gasteiger partial charge < -0.3 is 15.1 Å². The first-order valence-electron chi connectivity index (χ1n) is 10.7. The second-order valence-electron chi connectivity index (χ2n) is 8.95. The molecule has 180 valence electrons. The van der Waals surface area contributed by atoms with Crippen LogP contribution in [0, 0.1) is 5.21 Å². The van der Waals surface area contributed by atoms with Gasteiger partial charge in [-0.2, -0.15) is 9.04 Å². The predicted octanol–water partition coefficient (Wildman–Crippen LogP) is 3.47. The zero-order chi connectivity index (χ0) is 24.9. The Morgan fingerprint density at radius 1 is 1.00 bits per heavy atom. The number of rotatable bonds is 9. The minimum absolute atomic E-state index is 0.0272. The van der Waals surface area contributed by atoms with Crippen LogP contribution >= 0.6 is 0 Å². The number of carboxylic acids is 1. The molecule has 3 aromatic rings. The number of carboxylic acid groups (broad SMARTS) is 1. The average molecular weight is 485 g/mol. The number of sulfonamides is 1. The van der Waals surface area contributed by atoms with E-state index in [1.54, 1.807) is 24.3 Å². The summed E-state index contributed by atoms with van der Waals surface area (Å²) in [6.07, 6.45) is 2.26. The molecule has 0 saturated heterocycles. The number of hydrogen-bond donors (Lipinski definition) is 1. The fraction of sp³-hybridized carbons (Fsp3) is 0.280. The summed E-state index contributed by atoms with van der Waals surface area (Å²) in [5.41, 5.74) is 2.60. The summed E-state index contributed by atoms with van der Waals surface area (Å²) in [5.74, 6) is -0.717. The quantitative estimate of drug-likeness (QED) is 0.368. The van der Waals surface area contributed by atoms with Crippen molar-refractivity contribution in [3.05, 3.63) is 95.0 Å². The molecule has 3 rings (SSSR count). The Hall–Kier alpha value is -3.43. The van der Waals surface area contributed by atoms with E-state index in [0.29, 0.717) is 16.0 Å². The Morgan fingerprint density at radius 3 is 2.06 bits per heavy atom. The summed E-state index contributed by atoms with van der Waals surface area (Å²) in [6.45, 7) is 6.02. The van der Waals surface area contributed by atoms with Crippen LogP contribution in [0.15, 0.2) is 78.0 Å². The number of ether oxygens (including phenoxy) is 1. The van der Waals surface area contributed by atoms with E-state index in [9.17, 15) is 18.4 Å². The highest BCUT2D eigenvalue weighted by molar-refractivity contribution is 7.89. The summed E-state index contributed by atoms with van der Waals surface area (Å²) in [4.78, 5) is 10.6. The topological polar surface area (TPSA) is 111 Å². The fourth-order valence-corrected chi connectivity index (χ4v) is 4.74. The second-order valence-corrected chi connectivity index (χ2v) is 10.9. The van der Waals surface area contributed by atoms with E-state index in [0.717, 1.165) is 17.3 Å². The molecule has 1 aromatic heterocycles. The summed E-state index contributed by atoms with van der Waals surface area (Å²) in [7, 11) is -3.99. The van der Waals surface area contributed by atoms with Gasteiger partial charge in [-0.25, -0.2) is 13.2 Å². The van der Waals surface area contributed by atoms with Crippen molar-refractivity contribution in [3.63, 3.8) is 0 Å². The Labute approximate surface area is 199 Å². The van der Waals surface area contributed by atoms with Crippen molar-refractivity contribution < 1.29 is 27.8 Å². The normalized spacial score (nSPS) is 12.0. The summed E-state index contributed by atoms with van der Waals surface area (Å²) < 4.78 is 33.8. The van der Waals surface area contributed by atoms with Crippen LogP contribution in [-0.2, 0) is 33.3 Å². The number of hydrogen-bond acceptors (Lipinski definition) is 5. The monoisotopic (exact) mass is 484 g/mol. The minimum atomic E-state index is -3.99. The number of nitrogens with zero attached hydrogens (tertiary/aromatic N) is 2. The Balaban J connectivity index is 1.89. The molecule has 0 atom stereocenters. The molecule has 0 saturated carbocycles. The number of pyridine rings is 1. The molecule has 0 aliphatic carbocycles. The maximum Gasteiger partial charge on any atom is 0.341 e. The first-order chi connectivity index (χ1) is 15.9. The van der Waals surface area contributed by atoms with Gasteiger partial charge in [0.05, 0.1) is 0 Å². The lowest BCUT2D eigenvalue weighted by Crippen LogP contribution is -2.33. The number of benzene rings is 2. The highest BCUT2D eigenvalue weighted by atomic mass is 32.2. The summed E-state index contributed by atoms with van der Waals surface area (Å²) >= 11 is 0. The first-order valence-corrected chi connectivity index (χ1v) is 12.1. The molecule has 0 radical (unpaired) electrons. The lowest BCUT2D eigenvalue weighted by molar-refractivity contribution is -0.607. The minimum Gasteiger partial charge on any atom is -0.619 e. The van der Waals surface area contributed by atoms with Crippen molar-refractivity contribution in [3.8, 4) is 5.75 Å². The van der Waals surface area contributed by atoms with Crippen LogP contribution in [0.2, 0.25) is 0 Å². The van der Waals surface area contributed by atoms with Crippen molar-refractivity contribution in [2.24, 2.45) is 0 Å². The Kier molecular flexibility index (Phi) is 7.58. The van der Waals surface area contributed by atoms with E-state index in [4.69, 9.17) is 9.84 Å². The SMILES string of the molecule is CC(C)(C)c1ccc(CN(Cc2ccc(OCC(=O)O)cc2)S(=O)(=O)c2ccc[n+]([O-])c2)cc1. The maximum atomic E-state index is 13.4. The fourth-order valence-electron chi connectivity index (χ4n) is 3.32. The molecule has 2 aromatic carbocycles. The third kappa shape index (κ3) is 6.55. The van der Waals surface area contributed by atoms with Crippen LogP contribution < -0.4 is 9.47 Å². The zero-order valence-electron chi connectivity index (χ0n) is 19.3. The molecule has 34 heavy (non-hydrogen) atoms. The largest absolute Gasteiger partial charge is 0.619 e. The molecule has 1 heterocycles. The van der Waals surface area contributed by atoms with Crippen molar-refractivity contribution >= 4 is 16.0 Å². The van der Waals surface area contributed by atoms with Crippen molar-refractivity contribution in [1.29, 1.82) is 0 Å². The van der Waals surface area contributed by atoms with Crippen molar-refractivity contribution in [2.45, 2.75) is 44.2 Å². The van der Waals surface area contributed by atoms with Gasteiger partial charge in [-0.3, -0.25) is 0 Å². The standard InChI is InChI=1S/C25H28N2O6S/c1-25(2,3)21-10-6-19(7-11-21)15-27(34(31,32)23-5-4-14-26(30)17-23)16-20-8-12-22(13-9-20)33-18-24(28)29/h4-14,17H,15-16,18H2,1-3H3,(H,28,29). The number of aliphatic carboxylic acids is 1. The van der Waals surface area contributed by atoms with E-state index < -0.39 is 22.6 Å². The highest BCUT2D eigenvalue weighted by Gasteiger charge is 2.27. The molecular weight excluding hydrogens is 456 g/mol. The molecule has 9 heteroatoms. The van der Waals surface area contributed by atoms with Gasteiger partial charge in [-0.05, 0) is 40.3 Å². The molecule has 0 bridgehead atoms. The van der Waals surface area contributed by atoms with Crippen molar-refractivity contribution in [1.82, 2.24) is 4.31 Å². The molecule has 0 spiro atoms. The molecule has 0 amide bonds. The van der Waals surface area contributed by atoms with Crippen LogP contribution in [0.25, 0.3) is 0 Å². The molecular formula is C25H28N2O6S. The van der Waals surface area contributed by atoms with Gasteiger partial charge in [0.1, 0.15) is 10.6 Å². The summed E-state index contributed by atoms with van der Waals surface area (Å²) in [5, 5.41) is 20.5. The van der Waals surface area contributed by atoms with Gasteiger partial charge in [0.15, 0.2) is 19.0 Å². The van der Waals surface area contributed by atoms with E-state index >= 15 is 0 Å². The third-order valence-corrected chi connectivity index (χ3v) is 6.98. The first kappa shape index (κ1) is 25.2. The zero-order valence-corrected chi connectivity index (χ0v) is 20.2. The van der Waals surface area contributed by atoms with Gasteiger partial charge in [0.2, 0.25) is 10.0 Å². The van der Waals surface area contributed by atoms with Crippen molar-refractivity contribution in [2.75, 3.05) is 6.61 Å². The number of aromatic nitrogens is 1. The lowest BCUT2D eigenvalue weighted by atomic mass is 9.87. The maximum absolute atomic E-state index is 13.4. The molecule has 0 aliphatic rings. The van der Waals surface area contributed by atoms with Crippen LogP contribution in [0.5, 0.6) is 5.75 Å². The molecule has 0 fully saturated rings. The molecule has 0 unspecified atom stereocenters. The second kappa shape index (κ2) is 10.2. The van der Waals surface area contributed by atoms with Crippen LogP contribution in [0.1, 0.15) is 37.5 Å². The van der Waals surface area contributed by atoms with E-state index in [1.807, 2.05) is 24.3 Å². The van der Waals surface area contributed by atoms with Gasteiger partial charge in [-0.15, -0.1) is 0 Å².